The fourth-order valence-corrected chi connectivity index (χ4v) is 1.46. The number of nitrogens with zero attached hydrogens (tertiary/aromatic N) is 1. The molecule has 1 N–H and O–H groups in total. The average Bonchev–Trinajstić information content (AvgIpc) is 2.27. The Kier molecular flexibility index (Phi) is 4.09. The lowest BCUT2D eigenvalue weighted by Crippen LogP contribution is -2.28. The molecule has 0 saturated carbocycles. The van der Waals surface area contributed by atoms with Gasteiger partial charge in [0.05, 0.1) is 7.11 Å². The van der Waals surface area contributed by atoms with Crippen LogP contribution in [0.5, 0.6) is 5.75 Å². The number of hydrogen-bond donors (Lipinski definition) is 1. The number of carbonyl (C=O) groups excluding carboxylic acids is 1. The molecule has 0 unspecified atom stereocenters. The highest BCUT2D eigenvalue weighted by Gasteiger charge is 2.15. The van der Waals surface area contributed by atoms with Gasteiger partial charge >= 0.3 is 5.97 Å². The summed E-state index contributed by atoms with van der Waals surface area (Å²) in [4.78, 5) is 23.3. The number of aryl methyl sites for hydroxylation is 1. The number of benzene rings is 1. The second-order valence-corrected chi connectivity index (χ2v) is 3.68. The van der Waals surface area contributed by atoms with Crippen LogP contribution in [-0.2, 0) is 9.59 Å². The number of rotatable bonds is 4. The first kappa shape index (κ1) is 13.0. The molecule has 0 aromatic heterocycles. The molecular weight excluding hydrogens is 222 g/mol. The van der Waals surface area contributed by atoms with Crippen molar-refractivity contribution in [2.45, 2.75) is 13.3 Å². The third kappa shape index (κ3) is 3.21. The van der Waals surface area contributed by atoms with E-state index >= 15 is 0 Å². The summed E-state index contributed by atoms with van der Waals surface area (Å²) in [6.07, 6.45) is -0.512. The fraction of sp³-hybridized carbons (Fsp3) is 0.333. The normalized spacial score (nSPS) is 9.82. The van der Waals surface area contributed by atoms with Crippen molar-refractivity contribution in [1.82, 2.24) is 0 Å². The molecule has 0 spiro atoms. The van der Waals surface area contributed by atoms with Crippen molar-refractivity contribution in [2.75, 3.05) is 19.1 Å². The molecule has 0 aliphatic rings. The molecule has 1 rings (SSSR count). The lowest BCUT2D eigenvalue weighted by molar-refractivity contribution is -0.140. The smallest absolute Gasteiger partial charge is 0.312 e. The summed E-state index contributed by atoms with van der Waals surface area (Å²) in [5.41, 5.74) is 1.54. The summed E-state index contributed by atoms with van der Waals surface area (Å²) in [5.74, 6) is -0.859. The zero-order valence-electron chi connectivity index (χ0n) is 10.1. The maximum Gasteiger partial charge on any atom is 0.312 e. The van der Waals surface area contributed by atoms with Gasteiger partial charge in [0.1, 0.15) is 12.2 Å². The van der Waals surface area contributed by atoms with E-state index in [1.807, 2.05) is 6.92 Å². The SMILES string of the molecule is COc1ccc(N(C)C(=O)CC(=O)O)cc1C. The first-order chi connectivity index (χ1) is 7.95. The van der Waals surface area contributed by atoms with Crippen molar-refractivity contribution in [3.63, 3.8) is 0 Å². The van der Waals surface area contributed by atoms with Gasteiger partial charge in [-0.2, -0.15) is 0 Å². The maximum absolute atomic E-state index is 11.5. The maximum atomic E-state index is 11.5. The van der Waals surface area contributed by atoms with E-state index in [0.29, 0.717) is 5.69 Å². The first-order valence-electron chi connectivity index (χ1n) is 5.08. The van der Waals surface area contributed by atoms with Gasteiger partial charge in [-0.05, 0) is 30.7 Å². The molecule has 0 saturated heterocycles. The molecule has 92 valence electrons. The number of ether oxygens (including phenoxy) is 1. The van der Waals surface area contributed by atoms with Crippen molar-refractivity contribution < 1.29 is 19.4 Å². The molecule has 0 heterocycles. The minimum atomic E-state index is -1.13. The van der Waals surface area contributed by atoms with Gasteiger partial charge in [-0.15, -0.1) is 0 Å². The van der Waals surface area contributed by atoms with Crippen LogP contribution in [0, 0.1) is 6.92 Å². The predicted octanol–water partition coefficient (Wildman–Crippen LogP) is 1.44. The zero-order valence-corrected chi connectivity index (χ0v) is 10.1. The summed E-state index contributed by atoms with van der Waals surface area (Å²) < 4.78 is 5.11. The third-order valence-electron chi connectivity index (χ3n) is 2.44. The molecule has 0 aliphatic carbocycles. The molecular formula is C12H15NO4. The number of anilines is 1. The van der Waals surface area contributed by atoms with Crippen LogP contribution in [0.4, 0.5) is 5.69 Å². The molecule has 1 amide bonds. The lowest BCUT2D eigenvalue weighted by atomic mass is 10.2. The molecule has 1 aromatic rings. The van der Waals surface area contributed by atoms with Gasteiger partial charge in [-0.25, -0.2) is 0 Å². The zero-order chi connectivity index (χ0) is 13.0. The minimum Gasteiger partial charge on any atom is -0.496 e. The third-order valence-corrected chi connectivity index (χ3v) is 2.44. The topological polar surface area (TPSA) is 66.8 Å². The van der Waals surface area contributed by atoms with Gasteiger partial charge < -0.3 is 14.7 Å². The molecule has 1 aromatic carbocycles. The fourth-order valence-electron chi connectivity index (χ4n) is 1.46. The molecule has 0 atom stereocenters. The Labute approximate surface area is 99.6 Å². The van der Waals surface area contributed by atoms with Crippen LogP contribution in [0.3, 0.4) is 0 Å². The molecule has 17 heavy (non-hydrogen) atoms. The minimum absolute atomic E-state index is 0.456. The molecule has 0 fully saturated rings. The Morgan fingerprint density at radius 2 is 2.06 bits per heavy atom. The standard InChI is InChI=1S/C12H15NO4/c1-8-6-9(4-5-10(8)17-3)13(2)11(14)7-12(15)16/h4-6H,7H2,1-3H3,(H,15,16). The van der Waals surface area contributed by atoms with E-state index < -0.39 is 18.3 Å². The van der Waals surface area contributed by atoms with Crippen LogP contribution >= 0.6 is 0 Å². The number of carbonyl (C=O) groups is 2. The molecule has 5 heteroatoms. The van der Waals surface area contributed by atoms with Crippen LogP contribution in [0.15, 0.2) is 18.2 Å². The Hall–Kier alpha value is -2.04. The molecule has 0 aliphatic heterocycles. The van der Waals surface area contributed by atoms with E-state index in [2.05, 4.69) is 0 Å². The summed E-state index contributed by atoms with van der Waals surface area (Å²) in [6, 6.07) is 5.24. The van der Waals surface area contributed by atoms with E-state index in [1.54, 1.807) is 32.4 Å². The Morgan fingerprint density at radius 3 is 2.53 bits per heavy atom. The largest absolute Gasteiger partial charge is 0.496 e. The van der Waals surface area contributed by atoms with E-state index in [9.17, 15) is 9.59 Å². The van der Waals surface area contributed by atoms with Gasteiger partial charge in [-0.1, -0.05) is 0 Å². The monoisotopic (exact) mass is 237 g/mol. The summed E-state index contributed by atoms with van der Waals surface area (Å²) in [7, 11) is 3.12. The molecule has 5 nitrogen and oxygen atoms in total. The highest BCUT2D eigenvalue weighted by Crippen LogP contribution is 2.23. The second kappa shape index (κ2) is 5.34. The summed E-state index contributed by atoms with van der Waals surface area (Å²) in [6.45, 7) is 1.86. The average molecular weight is 237 g/mol. The van der Waals surface area contributed by atoms with Crippen molar-refractivity contribution in [3.05, 3.63) is 23.8 Å². The van der Waals surface area contributed by atoms with E-state index in [-0.39, 0.29) is 0 Å². The van der Waals surface area contributed by atoms with Crippen molar-refractivity contribution in [1.29, 1.82) is 0 Å². The van der Waals surface area contributed by atoms with Crippen LogP contribution < -0.4 is 9.64 Å². The number of hydrogen-bond acceptors (Lipinski definition) is 3. The van der Waals surface area contributed by atoms with E-state index in [1.165, 1.54) is 4.90 Å². The number of carboxylic acids is 1. The molecule has 0 radical (unpaired) electrons. The highest BCUT2D eigenvalue weighted by atomic mass is 16.5. The van der Waals surface area contributed by atoms with Crippen molar-refractivity contribution >= 4 is 17.6 Å². The number of methoxy groups -OCH3 is 1. The number of aliphatic carboxylic acids is 1. The number of amides is 1. The van der Waals surface area contributed by atoms with E-state index in [0.717, 1.165) is 11.3 Å². The quantitative estimate of drug-likeness (QED) is 0.805. The van der Waals surface area contributed by atoms with Crippen LogP contribution in [0.1, 0.15) is 12.0 Å². The van der Waals surface area contributed by atoms with Gasteiger partial charge in [-0.3, -0.25) is 9.59 Å². The van der Waals surface area contributed by atoms with Crippen LogP contribution in [0.2, 0.25) is 0 Å². The van der Waals surface area contributed by atoms with Gasteiger partial charge in [0.2, 0.25) is 5.91 Å². The first-order valence-corrected chi connectivity index (χ1v) is 5.08. The van der Waals surface area contributed by atoms with Crippen LogP contribution in [-0.4, -0.2) is 31.1 Å². The number of carboxylic acid groups (broad SMARTS) is 1. The second-order valence-electron chi connectivity index (χ2n) is 3.68. The summed E-state index contributed by atoms with van der Waals surface area (Å²) in [5, 5.41) is 8.55. The van der Waals surface area contributed by atoms with Crippen molar-refractivity contribution in [2.24, 2.45) is 0 Å². The van der Waals surface area contributed by atoms with Gasteiger partial charge in [0.15, 0.2) is 0 Å². The Morgan fingerprint density at radius 1 is 1.41 bits per heavy atom. The summed E-state index contributed by atoms with van der Waals surface area (Å²) >= 11 is 0. The Balaban J connectivity index is 2.89. The predicted molar refractivity (Wildman–Crippen MR) is 63.4 cm³/mol. The Bertz CT molecular complexity index is 442. The van der Waals surface area contributed by atoms with Gasteiger partial charge in [0, 0.05) is 12.7 Å². The van der Waals surface area contributed by atoms with E-state index in [4.69, 9.17) is 9.84 Å². The van der Waals surface area contributed by atoms with Crippen LogP contribution in [0.25, 0.3) is 0 Å². The highest BCUT2D eigenvalue weighted by molar-refractivity contribution is 6.02. The lowest BCUT2D eigenvalue weighted by Gasteiger charge is -2.17. The van der Waals surface area contributed by atoms with Crippen molar-refractivity contribution in [3.8, 4) is 5.75 Å². The van der Waals surface area contributed by atoms with Gasteiger partial charge in [0.25, 0.3) is 0 Å². The molecule has 0 bridgehead atoms.